The summed E-state index contributed by atoms with van der Waals surface area (Å²) in [7, 11) is 1.50. The van der Waals surface area contributed by atoms with Gasteiger partial charge in [0, 0.05) is 22.3 Å². The number of benzene rings is 1. The van der Waals surface area contributed by atoms with E-state index in [-0.39, 0.29) is 0 Å². The molecular formula is C14H12BrF4N3O. The summed E-state index contributed by atoms with van der Waals surface area (Å²) in [4.78, 5) is 14.3. The van der Waals surface area contributed by atoms with Crippen molar-refractivity contribution < 1.29 is 17.6 Å². The summed E-state index contributed by atoms with van der Waals surface area (Å²) in [5.74, 6) is -6.04. The Labute approximate surface area is 137 Å². The van der Waals surface area contributed by atoms with E-state index in [1.165, 1.54) is 13.1 Å². The molecule has 1 unspecified atom stereocenters. The van der Waals surface area contributed by atoms with Crippen molar-refractivity contribution in [3.05, 3.63) is 68.8 Å². The van der Waals surface area contributed by atoms with Crippen molar-refractivity contribution >= 4 is 15.9 Å². The molecule has 2 N–H and O–H groups in total. The van der Waals surface area contributed by atoms with E-state index in [0.29, 0.717) is 10.5 Å². The number of rotatable bonds is 4. The van der Waals surface area contributed by atoms with Gasteiger partial charge in [0.1, 0.15) is 17.3 Å². The van der Waals surface area contributed by atoms with Gasteiger partial charge in [-0.15, -0.1) is 4.91 Å². The van der Waals surface area contributed by atoms with Crippen molar-refractivity contribution in [2.24, 2.45) is 10.9 Å². The van der Waals surface area contributed by atoms with Crippen molar-refractivity contribution in [2.75, 3.05) is 7.05 Å². The molecule has 2 rings (SSSR count). The number of hydrogen-bond acceptors (Lipinski definition) is 4. The van der Waals surface area contributed by atoms with E-state index < -0.39 is 34.9 Å². The van der Waals surface area contributed by atoms with Gasteiger partial charge in [-0.3, -0.25) is 4.98 Å². The number of alkyl halides is 2. The molecule has 1 aromatic heterocycles. The molecule has 0 aliphatic rings. The van der Waals surface area contributed by atoms with Gasteiger partial charge in [-0.05, 0) is 41.2 Å². The summed E-state index contributed by atoms with van der Waals surface area (Å²) >= 11 is 3.04. The standard InChI is InChI=1S/C13H7BrF4N2O.CH5N/c14-7-1-4-11(19-6-7)13(17,18)12(20-21)9-3-2-8(15)5-10(9)16;1-2/h1-6,12H;2H2,1H3. The third-order valence-corrected chi connectivity index (χ3v) is 3.24. The third kappa shape index (κ3) is 4.32. The van der Waals surface area contributed by atoms with Crippen LogP contribution in [0.15, 0.2) is 46.2 Å². The molecule has 9 heteroatoms. The lowest BCUT2D eigenvalue weighted by atomic mass is 9.98. The zero-order valence-electron chi connectivity index (χ0n) is 11.8. The van der Waals surface area contributed by atoms with Crippen LogP contribution < -0.4 is 5.73 Å². The zero-order chi connectivity index (χ0) is 17.6. The summed E-state index contributed by atoms with van der Waals surface area (Å²) in [5, 5.41) is 2.31. The molecule has 4 nitrogen and oxygen atoms in total. The van der Waals surface area contributed by atoms with Crippen LogP contribution in [0.1, 0.15) is 17.3 Å². The summed E-state index contributed by atoms with van der Waals surface area (Å²) < 4.78 is 55.5. The molecule has 1 atom stereocenters. The Kier molecular flexibility index (Phi) is 6.77. The molecular weight excluding hydrogens is 382 g/mol. The maximum atomic E-state index is 14.3. The van der Waals surface area contributed by atoms with Gasteiger partial charge in [0.25, 0.3) is 0 Å². The fourth-order valence-electron chi connectivity index (χ4n) is 1.75. The second-order valence-electron chi connectivity index (χ2n) is 4.16. The second-order valence-corrected chi connectivity index (χ2v) is 5.07. The monoisotopic (exact) mass is 393 g/mol. The number of nitroso groups, excluding NO2 is 1. The summed E-state index contributed by atoms with van der Waals surface area (Å²) in [6.07, 6.45) is 1.12. The van der Waals surface area contributed by atoms with E-state index in [4.69, 9.17) is 0 Å². The molecule has 0 spiro atoms. The Morgan fingerprint density at radius 1 is 1.22 bits per heavy atom. The van der Waals surface area contributed by atoms with E-state index in [0.717, 1.165) is 24.4 Å². The molecule has 1 heterocycles. The van der Waals surface area contributed by atoms with Gasteiger partial charge < -0.3 is 5.73 Å². The van der Waals surface area contributed by atoms with Gasteiger partial charge in [0.2, 0.25) is 0 Å². The highest BCUT2D eigenvalue weighted by Crippen LogP contribution is 2.43. The predicted molar refractivity (Wildman–Crippen MR) is 80.8 cm³/mol. The highest BCUT2D eigenvalue weighted by molar-refractivity contribution is 9.10. The van der Waals surface area contributed by atoms with Crippen molar-refractivity contribution in [3.8, 4) is 0 Å². The largest absolute Gasteiger partial charge is 0.333 e. The molecule has 0 aliphatic heterocycles. The first-order chi connectivity index (χ1) is 10.9. The molecule has 0 bridgehead atoms. The molecule has 0 amide bonds. The topological polar surface area (TPSA) is 68.3 Å². The van der Waals surface area contributed by atoms with Crippen molar-refractivity contribution in [2.45, 2.75) is 12.0 Å². The first-order valence-corrected chi connectivity index (χ1v) is 7.00. The minimum atomic E-state index is -3.83. The Morgan fingerprint density at radius 2 is 1.87 bits per heavy atom. The van der Waals surface area contributed by atoms with Crippen LogP contribution in [-0.2, 0) is 5.92 Å². The van der Waals surface area contributed by atoms with Crippen LogP contribution in [-0.4, -0.2) is 12.0 Å². The molecule has 0 saturated carbocycles. The van der Waals surface area contributed by atoms with Crippen LogP contribution in [0.3, 0.4) is 0 Å². The number of pyridine rings is 1. The number of nitrogens with zero attached hydrogens (tertiary/aromatic N) is 2. The number of halogens is 5. The predicted octanol–water partition coefficient (Wildman–Crippen LogP) is 4.30. The number of aromatic nitrogens is 1. The minimum Gasteiger partial charge on any atom is -0.333 e. The van der Waals surface area contributed by atoms with E-state index in [1.54, 1.807) is 0 Å². The van der Waals surface area contributed by atoms with Crippen molar-refractivity contribution in [1.82, 2.24) is 4.98 Å². The summed E-state index contributed by atoms with van der Waals surface area (Å²) in [6, 6.07) is 1.92. The minimum absolute atomic E-state index is 0.415. The fraction of sp³-hybridized carbons (Fsp3) is 0.214. The number of nitrogens with two attached hydrogens (primary N) is 1. The number of hydrogen-bond donors (Lipinski definition) is 1. The van der Waals surface area contributed by atoms with Crippen LogP contribution in [0.25, 0.3) is 0 Å². The molecule has 0 aliphatic carbocycles. The van der Waals surface area contributed by atoms with Gasteiger partial charge in [0.05, 0.1) is 0 Å². The quantitative estimate of drug-likeness (QED) is 0.621. The van der Waals surface area contributed by atoms with Crippen LogP contribution >= 0.6 is 15.9 Å². The van der Waals surface area contributed by atoms with E-state index in [9.17, 15) is 22.5 Å². The SMILES string of the molecule is CN.O=NC(c1ccc(F)cc1F)C(F)(F)c1ccc(Br)cn1. The molecule has 23 heavy (non-hydrogen) atoms. The summed E-state index contributed by atoms with van der Waals surface area (Å²) in [5.41, 5.74) is 3.07. The second kappa shape index (κ2) is 8.11. The molecule has 124 valence electrons. The molecule has 0 fully saturated rings. The zero-order valence-corrected chi connectivity index (χ0v) is 13.4. The average Bonchev–Trinajstić information content (AvgIpc) is 2.52. The van der Waals surface area contributed by atoms with Crippen LogP contribution in [0.5, 0.6) is 0 Å². The Morgan fingerprint density at radius 3 is 2.35 bits per heavy atom. The average molecular weight is 394 g/mol. The lowest BCUT2D eigenvalue weighted by Gasteiger charge is -2.21. The van der Waals surface area contributed by atoms with Gasteiger partial charge >= 0.3 is 5.92 Å². The van der Waals surface area contributed by atoms with Gasteiger partial charge in [-0.25, -0.2) is 8.78 Å². The first-order valence-electron chi connectivity index (χ1n) is 6.21. The Bertz CT molecular complexity index is 668. The lowest BCUT2D eigenvalue weighted by Crippen LogP contribution is -2.24. The van der Waals surface area contributed by atoms with E-state index >= 15 is 0 Å². The highest BCUT2D eigenvalue weighted by Gasteiger charge is 2.46. The maximum absolute atomic E-state index is 14.3. The molecule has 2 aromatic rings. The Hall–Kier alpha value is -1.87. The summed E-state index contributed by atoms with van der Waals surface area (Å²) in [6.45, 7) is 0. The lowest BCUT2D eigenvalue weighted by molar-refractivity contribution is -0.0373. The third-order valence-electron chi connectivity index (χ3n) is 2.77. The van der Waals surface area contributed by atoms with Gasteiger partial charge in [0.15, 0.2) is 6.04 Å². The van der Waals surface area contributed by atoms with Crippen LogP contribution in [0.4, 0.5) is 17.6 Å². The van der Waals surface area contributed by atoms with E-state index in [1.807, 2.05) is 0 Å². The van der Waals surface area contributed by atoms with Crippen LogP contribution in [0, 0.1) is 16.5 Å². The first kappa shape index (κ1) is 19.2. The van der Waals surface area contributed by atoms with Crippen LogP contribution in [0.2, 0.25) is 0 Å². The Balaban J connectivity index is 0.00000127. The van der Waals surface area contributed by atoms with Crippen molar-refractivity contribution in [3.63, 3.8) is 0 Å². The molecule has 1 aromatic carbocycles. The van der Waals surface area contributed by atoms with E-state index in [2.05, 4.69) is 31.8 Å². The normalized spacial score (nSPS) is 12.1. The van der Waals surface area contributed by atoms with Crippen molar-refractivity contribution in [1.29, 1.82) is 0 Å². The maximum Gasteiger partial charge on any atom is 0.319 e. The highest BCUT2D eigenvalue weighted by atomic mass is 79.9. The molecule has 0 radical (unpaired) electrons. The smallest absolute Gasteiger partial charge is 0.319 e. The molecule has 0 saturated heterocycles. The van der Waals surface area contributed by atoms with Gasteiger partial charge in [-0.1, -0.05) is 11.2 Å². The van der Waals surface area contributed by atoms with Gasteiger partial charge in [-0.2, -0.15) is 8.78 Å². The fourth-order valence-corrected chi connectivity index (χ4v) is 1.99.